The lowest BCUT2D eigenvalue weighted by molar-refractivity contribution is -0.120. The third-order valence-electron chi connectivity index (χ3n) is 2.64. The molecular formula is C13H18BrN3O3. The monoisotopic (exact) mass is 343 g/mol. The molecular weight excluding hydrogens is 326 g/mol. The number of amides is 3. The number of hydrogen-bond donors (Lipinski definition) is 3. The minimum absolute atomic E-state index is 0.410. The Morgan fingerprint density at radius 1 is 1.40 bits per heavy atom. The Balaban J connectivity index is 2.79. The number of rotatable bonds is 5. The number of hydrogen-bond acceptors (Lipinski definition) is 4. The first-order chi connectivity index (χ1) is 9.49. The molecule has 0 aliphatic rings. The van der Waals surface area contributed by atoms with Crippen LogP contribution in [0.3, 0.4) is 0 Å². The summed E-state index contributed by atoms with van der Waals surface area (Å²) in [6.07, 6.45) is 0. The Hall–Kier alpha value is -1.60. The topological polar surface area (TPSA) is 79.5 Å². The maximum atomic E-state index is 11.8. The van der Waals surface area contributed by atoms with Crippen LogP contribution in [0.1, 0.15) is 12.5 Å². The molecule has 1 atom stereocenters. The van der Waals surface area contributed by atoms with Gasteiger partial charge in [-0.25, -0.2) is 4.79 Å². The SMILES string of the molecule is CNC(=O)NC(=O)C(C)Nc1cccc(Br)c1COC. The van der Waals surface area contributed by atoms with Crippen LogP contribution in [0.15, 0.2) is 22.7 Å². The fraction of sp³-hybridized carbons (Fsp3) is 0.385. The summed E-state index contributed by atoms with van der Waals surface area (Å²) in [4.78, 5) is 22.9. The van der Waals surface area contributed by atoms with E-state index in [1.807, 2.05) is 18.2 Å². The Morgan fingerprint density at radius 2 is 2.10 bits per heavy atom. The second kappa shape index (κ2) is 7.86. The average molecular weight is 344 g/mol. The van der Waals surface area contributed by atoms with Gasteiger partial charge in [0.2, 0.25) is 5.91 Å². The van der Waals surface area contributed by atoms with Crippen molar-refractivity contribution in [2.45, 2.75) is 19.6 Å². The van der Waals surface area contributed by atoms with E-state index in [1.165, 1.54) is 7.05 Å². The predicted molar refractivity (Wildman–Crippen MR) is 80.5 cm³/mol. The molecule has 3 amide bonds. The van der Waals surface area contributed by atoms with Gasteiger partial charge in [0.1, 0.15) is 6.04 Å². The number of anilines is 1. The van der Waals surface area contributed by atoms with Crippen molar-refractivity contribution in [1.29, 1.82) is 0 Å². The lowest BCUT2D eigenvalue weighted by atomic mass is 10.1. The molecule has 7 heteroatoms. The maximum Gasteiger partial charge on any atom is 0.321 e. The van der Waals surface area contributed by atoms with Crippen LogP contribution in [0, 0.1) is 0 Å². The zero-order chi connectivity index (χ0) is 15.1. The highest BCUT2D eigenvalue weighted by atomic mass is 79.9. The van der Waals surface area contributed by atoms with Crippen LogP contribution in [0.2, 0.25) is 0 Å². The summed E-state index contributed by atoms with van der Waals surface area (Å²) >= 11 is 3.44. The van der Waals surface area contributed by atoms with Crippen molar-refractivity contribution in [2.75, 3.05) is 19.5 Å². The molecule has 0 saturated heterocycles. The smallest absolute Gasteiger partial charge is 0.321 e. The summed E-state index contributed by atoms with van der Waals surface area (Å²) in [5.74, 6) is -0.410. The molecule has 20 heavy (non-hydrogen) atoms. The first kappa shape index (κ1) is 16.5. The van der Waals surface area contributed by atoms with Crippen molar-refractivity contribution >= 4 is 33.6 Å². The molecule has 0 heterocycles. The van der Waals surface area contributed by atoms with Crippen LogP contribution < -0.4 is 16.0 Å². The first-order valence-electron chi connectivity index (χ1n) is 6.05. The van der Waals surface area contributed by atoms with Gasteiger partial charge in [-0.1, -0.05) is 22.0 Å². The van der Waals surface area contributed by atoms with Gasteiger partial charge in [-0.3, -0.25) is 10.1 Å². The number of imide groups is 1. The van der Waals surface area contributed by atoms with Gasteiger partial charge in [-0.15, -0.1) is 0 Å². The predicted octanol–water partition coefficient (Wildman–Crippen LogP) is 1.85. The van der Waals surface area contributed by atoms with Crippen LogP contribution in [-0.4, -0.2) is 32.1 Å². The van der Waals surface area contributed by atoms with E-state index in [0.29, 0.717) is 6.61 Å². The molecule has 1 unspecified atom stereocenters. The Bertz CT molecular complexity index is 494. The van der Waals surface area contributed by atoms with Crippen LogP contribution >= 0.6 is 15.9 Å². The molecule has 0 fully saturated rings. The molecule has 6 nitrogen and oxygen atoms in total. The van der Waals surface area contributed by atoms with Gasteiger partial charge in [0.05, 0.1) is 6.61 Å². The lowest BCUT2D eigenvalue weighted by Crippen LogP contribution is -2.44. The molecule has 0 radical (unpaired) electrons. The van der Waals surface area contributed by atoms with E-state index in [9.17, 15) is 9.59 Å². The molecule has 110 valence electrons. The standard InChI is InChI=1S/C13H18BrN3O3/c1-8(12(18)17-13(19)15-2)16-11-6-4-5-10(14)9(11)7-20-3/h4-6,8,16H,7H2,1-3H3,(H2,15,17,18,19). The molecule has 0 spiro atoms. The number of carbonyl (C=O) groups is 2. The van der Waals surface area contributed by atoms with Crippen LogP contribution in [0.4, 0.5) is 10.5 Å². The van der Waals surface area contributed by atoms with Crippen molar-refractivity contribution < 1.29 is 14.3 Å². The highest BCUT2D eigenvalue weighted by molar-refractivity contribution is 9.10. The molecule has 0 saturated carbocycles. The fourth-order valence-corrected chi connectivity index (χ4v) is 2.05. The fourth-order valence-electron chi connectivity index (χ4n) is 1.57. The van der Waals surface area contributed by atoms with Gasteiger partial charge < -0.3 is 15.4 Å². The van der Waals surface area contributed by atoms with Crippen molar-refractivity contribution in [3.63, 3.8) is 0 Å². The minimum atomic E-state index is -0.558. The molecule has 1 rings (SSSR count). The summed E-state index contributed by atoms with van der Waals surface area (Å²) in [7, 11) is 3.05. The highest BCUT2D eigenvalue weighted by Crippen LogP contribution is 2.26. The number of nitrogens with one attached hydrogen (secondary N) is 3. The van der Waals surface area contributed by atoms with E-state index in [4.69, 9.17) is 4.74 Å². The molecule has 0 aromatic heterocycles. The zero-order valence-corrected chi connectivity index (χ0v) is 13.2. The van der Waals surface area contributed by atoms with Gasteiger partial charge in [-0.05, 0) is 19.1 Å². The van der Waals surface area contributed by atoms with E-state index in [1.54, 1.807) is 14.0 Å². The van der Waals surface area contributed by atoms with Crippen molar-refractivity contribution in [2.24, 2.45) is 0 Å². The second-order valence-corrected chi connectivity index (χ2v) is 4.99. The summed E-state index contributed by atoms with van der Waals surface area (Å²) in [6.45, 7) is 2.09. The average Bonchev–Trinajstić information content (AvgIpc) is 2.42. The number of methoxy groups -OCH3 is 1. The van der Waals surface area contributed by atoms with E-state index >= 15 is 0 Å². The highest BCUT2D eigenvalue weighted by Gasteiger charge is 2.17. The largest absolute Gasteiger partial charge is 0.380 e. The normalized spacial score (nSPS) is 11.6. The Morgan fingerprint density at radius 3 is 2.70 bits per heavy atom. The van der Waals surface area contributed by atoms with Crippen LogP contribution in [0.25, 0.3) is 0 Å². The minimum Gasteiger partial charge on any atom is -0.380 e. The maximum absolute atomic E-state index is 11.8. The number of halogens is 1. The summed E-state index contributed by atoms with van der Waals surface area (Å²) in [6, 6.07) is 4.51. The third-order valence-corrected chi connectivity index (χ3v) is 3.38. The first-order valence-corrected chi connectivity index (χ1v) is 6.84. The van der Waals surface area contributed by atoms with E-state index < -0.39 is 18.0 Å². The van der Waals surface area contributed by atoms with Crippen LogP contribution in [0.5, 0.6) is 0 Å². The van der Waals surface area contributed by atoms with E-state index in [-0.39, 0.29) is 0 Å². The second-order valence-electron chi connectivity index (χ2n) is 4.13. The van der Waals surface area contributed by atoms with Crippen molar-refractivity contribution in [3.8, 4) is 0 Å². The van der Waals surface area contributed by atoms with Gasteiger partial charge in [0.15, 0.2) is 0 Å². The number of benzene rings is 1. The van der Waals surface area contributed by atoms with Gasteiger partial charge in [0.25, 0.3) is 0 Å². The van der Waals surface area contributed by atoms with Crippen molar-refractivity contribution in [3.05, 3.63) is 28.2 Å². The Kier molecular flexibility index (Phi) is 6.47. The molecule has 1 aromatic rings. The van der Waals surface area contributed by atoms with Crippen molar-refractivity contribution in [1.82, 2.24) is 10.6 Å². The number of carbonyl (C=O) groups excluding carboxylic acids is 2. The summed E-state index contributed by atoms with van der Waals surface area (Å²) in [5, 5.41) is 7.61. The summed E-state index contributed by atoms with van der Waals surface area (Å²) < 4.78 is 6.03. The molecule has 3 N–H and O–H groups in total. The summed E-state index contributed by atoms with van der Waals surface area (Å²) in [5.41, 5.74) is 1.69. The third kappa shape index (κ3) is 4.50. The number of ether oxygens (including phenoxy) is 1. The zero-order valence-electron chi connectivity index (χ0n) is 11.6. The molecule has 0 aliphatic carbocycles. The Labute approximate surface area is 126 Å². The number of urea groups is 1. The molecule has 0 bridgehead atoms. The van der Waals surface area contributed by atoms with E-state index in [0.717, 1.165) is 15.7 Å². The van der Waals surface area contributed by atoms with Gasteiger partial charge in [-0.2, -0.15) is 0 Å². The quantitative estimate of drug-likeness (QED) is 0.762. The molecule has 1 aromatic carbocycles. The molecule has 0 aliphatic heterocycles. The van der Waals surface area contributed by atoms with Gasteiger partial charge in [0, 0.05) is 29.9 Å². The lowest BCUT2D eigenvalue weighted by Gasteiger charge is -2.18. The van der Waals surface area contributed by atoms with E-state index in [2.05, 4.69) is 31.9 Å². The van der Waals surface area contributed by atoms with Crippen LogP contribution in [-0.2, 0) is 16.1 Å². The van der Waals surface area contributed by atoms with Gasteiger partial charge >= 0.3 is 6.03 Å².